The third-order valence-electron chi connectivity index (χ3n) is 4.43. The maximum absolute atomic E-state index is 12.3. The van der Waals surface area contributed by atoms with Crippen LogP contribution in [-0.2, 0) is 4.79 Å². The summed E-state index contributed by atoms with van der Waals surface area (Å²) in [6, 6.07) is 15.3. The predicted molar refractivity (Wildman–Crippen MR) is 120 cm³/mol. The van der Waals surface area contributed by atoms with Gasteiger partial charge in [-0.1, -0.05) is 53.4 Å². The van der Waals surface area contributed by atoms with E-state index in [4.69, 9.17) is 4.74 Å². The number of ether oxygens (including phenoxy) is 1. The third-order valence-corrected chi connectivity index (χ3v) is 6.15. The Hall–Kier alpha value is -3.57. The van der Waals surface area contributed by atoms with Crippen LogP contribution in [0.4, 0.5) is 5.13 Å². The number of nitrogens with zero attached hydrogens (tertiary/aromatic N) is 5. The number of hydrogen-bond acceptors (Lipinski definition) is 9. The second-order valence-electron chi connectivity index (χ2n) is 6.44. The molecule has 2 N–H and O–H groups in total. The fraction of sp³-hybridized carbons (Fsp3) is 0.100. The molecule has 0 bridgehead atoms. The zero-order chi connectivity index (χ0) is 21.2. The molecule has 5 aromatic rings. The van der Waals surface area contributed by atoms with Crippen molar-refractivity contribution in [3.8, 4) is 16.3 Å². The second-order valence-corrected chi connectivity index (χ2v) is 8.36. The van der Waals surface area contributed by atoms with Gasteiger partial charge >= 0.3 is 0 Å². The zero-order valence-electron chi connectivity index (χ0n) is 16.2. The number of carbonyl (C=O) groups excluding carboxylic acids is 1. The van der Waals surface area contributed by atoms with E-state index in [1.165, 1.54) is 23.1 Å². The lowest BCUT2D eigenvalue weighted by Crippen LogP contribution is -2.14. The summed E-state index contributed by atoms with van der Waals surface area (Å²) in [5.74, 6) is 0.643. The average Bonchev–Trinajstić information content (AvgIpc) is 3.41. The summed E-state index contributed by atoms with van der Waals surface area (Å²) in [5.41, 5.74) is 3.12. The van der Waals surface area contributed by atoms with Crippen LogP contribution < -0.4 is 10.1 Å². The summed E-state index contributed by atoms with van der Waals surface area (Å²) in [4.78, 5) is 20.0. The number of rotatable bonds is 6. The second kappa shape index (κ2) is 8.28. The molecule has 0 radical (unpaired) electrons. The van der Waals surface area contributed by atoms with Gasteiger partial charge < -0.3 is 9.72 Å². The molecule has 11 heteroatoms. The van der Waals surface area contributed by atoms with Crippen molar-refractivity contribution in [1.82, 2.24) is 30.4 Å². The first-order chi connectivity index (χ1) is 15.2. The Balaban J connectivity index is 1.26. The van der Waals surface area contributed by atoms with E-state index >= 15 is 0 Å². The molecule has 5 rings (SSSR count). The van der Waals surface area contributed by atoms with Crippen molar-refractivity contribution in [3.05, 3.63) is 48.5 Å². The summed E-state index contributed by atoms with van der Waals surface area (Å²) in [7, 11) is 1.62. The standard InChI is InChI=1S/C20H15N7O2S2/c1-29-12-7-8-14-13(9-12)16-17(21-14)23-19(26-24-16)30-10-15(28)22-20-27-25-18(31-20)11-5-3-2-4-6-11/h2-9H,10H2,1H3,(H,21,23,26)(H,22,27,28). The molecule has 0 spiro atoms. The van der Waals surface area contributed by atoms with E-state index in [0.717, 1.165) is 27.2 Å². The quantitative estimate of drug-likeness (QED) is 0.376. The maximum atomic E-state index is 12.3. The van der Waals surface area contributed by atoms with E-state index < -0.39 is 0 Å². The van der Waals surface area contributed by atoms with Gasteiger partial charge in [0.05, 0.1) is 12.9 Å². The number of anilines is 1. The van der Waals surface area contributed by atoms with Crippen molar-refractivity contribution in [2.45, 2.75) is 5.16 Å². The van der Waals surface area contributed by atoms with Crippen LogP contribution in [0.3, 0.4) is 0 Å². The van der Waals surface area contributed by atoms with Gasteiger partial charge in [-0.15, -0.1) is 20.4 Å². The van der Waals surface area contributed by atoms with Crippen LogP contribution in [0, 0.1) is 0 Å². The van der Waals surface area contributed by atoms with Gasteiger partial charge in [-0.3, -0.25) is 10.1 Å². The molecule has 0 saturated carbocycles. The van der Waals surface area contributed by atoms with Crippen LogP contribution in [0.25, 0.3) is 32.6 Å². The van der Waals surface area contributed by atoms with Gasteiger partial charge in [0.15, 0.2) is 5.65 Å². The number of benzene rings is 2. The molecule has 1 amide bonds. The van der Waals surface area contributed by atoms with Crippen molar-refractivity contribution in [1.29, 1.82) is 0 Å². The first-order valence-corrected chi connectivity index (χ1v) is 11.0. The summed E-state index contributed by atoms with van der Waals surface area (Å²) >= 11 is 2.52. The van der Waals surface area contributed by atoms with Gasteiger partial charge in [-0.25, -0.2) is 4.98 Å². The van der Waals surface area contributed by atoms with Crippen molar-refractivity contribution in [2.24, 2.45) is 0 Å². The largest absolute Gasteiger partial charge is 0.497 e. The Kier molecular flexibility index (Phi) is 5.18. The minimum Gasteiger partial charge on any atom is -0.497 e. The molecule has 0 unspecified atom stereocenters. The fourth-order valence-electron chi connectivity index (χ4n) is 2.98. The lowest BCUT2D eigenvalue weighted by molar-refractivity contribution is -0.113. The molecule has 0 fully saturated rings. The van der Waals surface area contributed by atoms with Crippen LogP contribution in [-0.4, -0.2) is 49.1 Å². The molecule has 3 heterocycles. The van der Waals surface area contributed by atoms with Crippen molar-refractivity contribution in [2.75, 3.05) is 18.2 Å². The maximum Gasteiger partial charge on any atom is 0.236 e. The highest BCUT2D eigenvalue weighted by Crippen LogP contribution is 2.28. The first-order valence-electron chi connectivity index (χ1n) is 9.21. The van der Waals surface area contributed by atoms with Crippen LogP contribution in [0.5, 0.6) is 5.75 Å². The molecule has 0 atom stereocenters. The van der Waals surface area contributed by atoms with Gasteiger partial charge in [-0.2, -0.15) is 0 Å². The van der Waals surface area contributed by atoms with E-state index in [1.54, 1.807) is 7.11 Å². The molecule has 3 aromatic heterocycles. The molecular formula is C20H15N7O2S2. The smallest absolute Gasteiger partial charge is 0.236 e. The average molecular weight is 450 g/mol. The van der Waals surface area contributed by atoms with Crippen molar-refractivity contribution in [3.63, 3.8) is 0 Å². The molecule has 0 aliphatic heterocycles. The Morgan fingerprint density at radius 1 is 1.13 bits per heavy atom. The number of methoxy groups -OCH3 is 1. The fourth-order valence-corrected chi connectivity index (χ4v) is 4.33. The lowest BCUT2D eigenvalue weighted by Gasteiger charge is -2.00. The minimum absolute atomic E-state index is 0.126. The molecule has 2 aromatic carbocycles. The number of hydrogen-bond donors (Lipinski definition) is 2. The normalized spacial score (nSPS) is 11.1. The number of H-pyrrole nitrogens is 1. The Morgan fingerprint density at radius 2 is 2.00 bits per heavy atom. The predicted octanol–water partition coefficient (Wildman–Crippen LogP) is 3.76. The number of amides is 1. The highest BCUT2D eigenvalue weighted by molar-refractivity contribution is 7.99. The molecule has 0 aliphatic carbocycles. The van der Waals surface area contributed by atoms with Gasteiger partial charge in [-0.05, 0) is 18.2 Å². The SMILES string of the molecule is COc1ccc2[nH]c3nc(SCC(=O)Nc4nnc(-c5ccccc5)s4)nnc3c2c1. The molecular weight excluding hydrogens is 434 g/mol. The highest BCUT2D eigenvalue weighted by atomic mass is 32.2. The minimum atomic E-state index is -0.217. The van der Waals surface area contributed by atoms with Crippen LogP contribution in [0.15, 0.2) is 53.7 Å². The molecule has 0 aliphatic rings. The zero-order valence-corrected chi connectivity index (χ0v) is 17.8. The molecule has 9 nitrogen and oxygen atoms in total. The number of aromatic nitrogens is 6. The Bertz CT molecular complexity index is 1380. The molecule has 31 heavy (non-hydrogen) atoms. The highest BCUT2D eigenvalue weighted by Gasteiger charge is 2.13. The Labute approximate surface area is 184 Å². The lowest BCUT2D eigenvalue weighted by atomic mass is 10.2. The van der Waals surface area contributed by atoms with E-state index in [0.29, 0.717) is 21.5 Å². The van der Waals surface area contributed by atoms with E-state index in [2.05, 4.69) is 35.7 Å². The number of thioether (sulfide) groups is 1. The number of nitrogens with one attached hydrogen (secondary N) is 2. The number of aromatic amines is 1. The van der Waals surface area contributed by atoms with E-state index in [-0.39, 0.29) is 11.7 Å². The van der Waals surface area contributed by atoms with Crippen molar-refractivity contribution >= 4 is 56.2 Å². The van der Waals surface area contributed by atoms with Crippen LogP contribution in [0.1, 0.15) is 0 Å². The van der Waals surface area contributed by atoms with Crippen molar-refractivity contribution < 1.29 is 9.53 Å². The van der Waals surface area contributed by atoms with Gasteiger partial charge in [0.1, 0.15) is 16.3 Å². The number of carbonyl (C=O) groups is 1. The van der Waals surface area contributed by atoms with Gasteiger partial charge in [0.2, 0.25) is 16.2 Å². The van der Waals surface area contributed by atoms with Gasteiger partial charge in [0.25, 0.3) is 0 Å². The van der Waals surface area contributed by atoms with E-state index in [9.17, 15) is 4.79 Å². The topological polar surface area (TPSA) is 119 Å². The van der Waals surface area contributed by atoms with Crippen LogP contribution in [0.2, 0.25) is 0 Å². The third kappa shape index (κ3) is 4.05. The summed E-state index contributed by atoms with van der Waals surface area (Å²) in [5, 5.41) is 21.8. The number of fused-ring (bicyclic) bond motifs is 3. The van der Waals surface area contributed by atoms with Crippen LogP contribution >= 0.6 is 23.1 Å². The first kappa shape index (κ1) is 19.4. The van der Waals surface area contributed by atoms with E-state index in [1.807, 2.05) is 48.5 Å². The molecule has 0 saturated heterocycles. The summed E-state index contributed by atoms with van der Waals surface area (Å²) < 4.78 is 5.26. The van der Waals surface area contributed by atoms with Gasteiger partial charge in [0, 0.05) is 16.5 Å². The molecule has 154 valence electrons. The Morgan fingerprint density at radius 3 is 2.84 bits per heavy atom. The summed E-state index contributed by atoms with van der Waals surface area (Å²) in [6.07, 6.45) is 0. The monoisotopic (exact) mass is 449 g/mol. The summed E-state index contributed by atoms with van der Waals surface area (Å²) in [6.45, 7) is 0.